The summed E-state index contributed by atoms with van der Waals surface area (Å²) in [7, 11) is 0. The smallest absolute Gasteiger partial charge is 0.333 e. The summed E-state index contributed by atoms with van der Waals surface area (Å²) in [5, 5.41) is 9.14. The van der Waals surface area contributed by atoms with E-state index in [2.05, 4.69) is 22.0 Å². The molecule has 1 aromatic carbocycles. The molecule has 3 heteroatoms. The van der Waals surface area contributed by atoms with Crippen molar-refractivity contribution in [2.45, 2.75) is 18.3 Å². The molecule has 0 aliphatic heterocycles. The largest absolute Gasteiger partial charge is 0.478 e. The van der Waals surface area contributed by atoms with Crippen LogP contribution in [0.25, 0.3) is 0 Å². The van der Waals surface area contributed by atoms with Crippen molar-refractivity contribution in [2.24, 2.45) is 0 Å². The zero-order valence-electron chi connectivity index (χ0n) is 7.90. The first kappa shape index (κ1) is 9.16. The monoisotopic (exact) mass is 264 g/mol. The zero-order chi connectivity index (χ0) is 10.6. The second kappa shape index (κ2) is 2.95. The highest BCUT2D eigenvalue weighted by molar-refractivity contribution is 9.11. The van der Waals surface area contributed by atoms with E-state index in [4.69, 9.17) is 5.11 Å². The molecule has 0 radical (unpaired) electrons. The van der Waals surface area contributed by atoms with Crippen molar-refractivity contribution in [1.29, 1.82) is 0 Å². The maximum Gasteiger partial charge on any atom is 0.333 e. The number of fused-ring (bicyclic) bond motifs is 5. The van der Waals surface area contributed by atoms with Crippen LogP contribution in [0.3, 0.4) is 0 Å². The number of benzene rings is 1. The van der Waals surface area contributed by atoms with Gasteiger partial charge < -0.3 is 5.11 Å². The maximum absolute atomic E-state index is 11.1. The number of carboxylic acid groups (broad SMARTS) is 1. The summed E-state index contributed by atoms with van der Waals surface area (Å²) in [5.74, 6) is -0.417. The minimum Gasteiger partial charge on any atom is -0.478 e. The van der Waals surface area contributed by atoms with Crippen molar-refractivity contribution in [3.63, 3.8) is 0 Å². The number of carbonyl (C=O) groups is 1. The van der Waals surface area contributed by atoms with Gasteiger partial charge in [-0.2, -0.15) is 0 Å². The lowest BCUT2D eigenvalue weighted by molar-refractivity contribution is -0.132. The molecule has 0 aromatic heterocycles. The Kier molecular flexibility index (Phi) is 1.80. The van der Waals surface area contributed by atoms with Crippen molar-refractivity contribution in [3.8, 4) is 0 Å². The zero-order valence-corrected chi connectivity index (χ0v) is 9.49. The van der Waals surface area contributed by atoms with E-state index < -0.39 is 5.97 Å². The molecule has 1 aromatic rings. The highest BCUT2D eigenvalue weighted by atomic mass is 79.9. The normalized spacial score (nSPS) is 27.0. The van der Waals surface area contributed by atoms with Crippen LogP contribution in [-0.4, -0.2) is 11.1 Å². The second-order valence-electron chi connectivity index (χ2n) is 4.04. The first-order chi connectivity index (χ1) is 7.20. The van der Waals surface area contributed by atoms with Gasteiger partial charge >= 0.3 is 5.97 Å². The standard InChI is InChI=1S/C12H9BrO2/c13-11-9-5-8(10(11)12(14)15)6-3-1-2-4-7(6)9/h1-4,8-9H,5H2,(H,14,15). The number of rotatable bonds is 1. The van der Waals surface area contributed by atoms with E-state index in [1.165, 1.54) is 11.1 Å². The molecule has 2 nitrogen and oxygen atoms in total. The van der Waals surface area contributed by atoms with Gasteiger partial charge in [-0.25, -0.2) is 4.79 Å². The Morgan fingerprint density at radius 3 is 2.47 bits per heavy atom. The average molecular weight is 265 g/mol. The maximum atomic E-state index is 11.1. The topological polar surface area (TPSA) is 37.3 Å². The summed E-state index contributed by atoms with van der Waals surface area (Å²) in [5.41, 5.74) is 3.04. The van der Waals surface area contributed by atoms with Gasteiger partial charge in [-0.05, 0) is 17.5 Å². The minimum absolute atomic E-state index is 0.0954. The highest BCUT2D eigenvalue weighted by Gasteiger charge is 2.44. The molecule has 2 aliphatic carbocycles. The minimum atomic E-state index is -0.788. The molecule has 2 unspecified atom stereocenters. The fraction of sp³-hybridized carbons (Fsp3) is 0.250. The van der Waals surface area contributed by atoms with E-state index in [1.807, 2.05) is 18.2 Å². The van der Waals surface area contributed by atoms with Crippen molar-refractivity contribution >= 4 is 21.9 Å². The van der Waals surface area contributed by atoms with Gasteiger partial charge in [0, 0.05) is 16.3 Å². The summed E-state index contributed by atoms with van der Waals surface area (Å²) in [4.78, 5) is 11.1. The number of halogens is 1. The van der Waals surface area contributed by atoms with Gasteiger partial charge in [0.1, 0.15) is 0 Å². The van der Waals surface area contributed by atoms with E-state index in [9.17, 15) is 4.79 Å². The molecule has 1 N–H and O–H groups in total. The van der Waals surface area contributed by atoms with E-state index in [0.29, 0.717) is 5.57 Å². The molecule has 3 rings (SSSR count). The van der Waals surface area contributed by atoms with Gasteiger partial charge in [-0.3, -0.25) is 0 Å². The van der Waals surface area contributed by atoms with E-state index in [0.717, 1.165) is 10.9 Å². The lowest BCUT2D eigenvalue weighted by atomic mass is 9.91. The van der Waals surface area contributed by atoms with Gasteiger partial charge in [0.2, 0.25) is 0 Å². The molecule has 0 spiro atoms. The lowest BCUT2D eigenvalue weighted by Gasteiger charge is -2.16. The molecule has 2 bridgehead atoms. The molecule has 0 fully saturated rings. The number of hydrogen-bond acceptors (Lipinski definition) is 1. The predicted octanol–water partition coefficient (Wildman–Crippen LogP) is 3.00. The predicted molar refractivity (Wildman–Crippen MR) is 60.1 cm³/mol. The third-order valence-corrected chi connectivity index (χ3v) is 4.34. The van der Waals surface area contributed by atoms with Crippen molar-refractivity contribution in [1.82, 2.24) is 0 Å². The van der Waals surface area contributed by atoms with Gasteiger partial charge in [0.25, 0.3) is 0 Å². The van der Waals surface area contributed by atoms with E-state index in [-0.39, 0.29) is 11.8 Å². The van der Waals surface area contributed by atoms with Crippen LogP contribution in [0.5, 0.6) is 0 Å². The first-order valence-corrected chi connectivity index (χ1v) is 5.71. The molecule has 2 atom stereocenters. The van der Waals surface area contributed by atoms with Crippen LogP contribution in [0.1, 0.15) is 29.4 Å². The molecule has 2 aliphatic rings. The average Bonchev–Trinajstić information content (AvgIpc) is 2.73. The summed E-state index contributed by atoms with van der Waals surface area (Å²) in [6.45, 7) is 0. The van der Waals surface area contributed by atoms with E-state index in [1.54, 1.807) is 0 Å². The molecule has 15 heavy (non-hydrogen) atoms. The van der Waals surface area contributed by atoms with Crippen LogP contribution in [0.15, 0.2) is 34.3 Å². The van der Waals surface area contributed by atoms with Gasteiger partial charge in [-0.15, -0.1) is 0 Å². The third-order valence-electron chi connectivity index (χ3n) is 3.36. The Morgan fingerprint density at radius 1 is 1.27 bits per heavy atom. The van der Waals surface area contributed by atoms with Crippen LogP contribution in [0.2, 0.25) is 0 Å². The number of aliphatic carboxylic acids is 1. The van der Waals surface area contributed by atoms with Crippen LogP contribution in [-0.2, 0) is 4.79 Å². The number of carboxylic acids is 1. The Balaban J connectivity index is 2.19. The molecule has 0 saturated carbocycles. The fourth-order valence-corrected chi connectivity index (χ4v) is 3.63. The van der Waals surface area contributed by atoms with Gasteiger partial charge in [0.15, 0.2) is 0 Å². The Morgan fingerprint density at radius 2 is 1.87 bits per heavy atom. The molecule has 0 saturated heterocycles. The second-order valence-corrected chi connectivity index (χ2v) is 4.89. The van der Waals surface area contributed by atoms with Crippen molar-refractivity contribution < 1.29 is 9.90 Å². The van der Waals surface area contributed by atoms with E-state index >= 15 is 0 Å². The van der Waals surface area contributed by atoms with Crippen LogP contribution < -0.4 is 0 Å². The fourth-order valence-electron chi connectivity index (χ4n) is 2.75. The third kappa shape index (κ3) is 1.07. The molecular weight excluding hydrogens is 256 g/mol. The lowest BCUT2D eigenvalue weighted by Crippen LogP contribution is -2.10. The van der Waals surface area contributed by atoms with Crippen LogP contribution in [0.4, 0.5) is 0 Å². The Bertz CT molecular complexity index is 490. The Labute approximate surface area is 95.7 Å². The summed E-state index contributed by atoms with van der Waals surface area (Å²) in [6, 6.07) is 8.13. The number of hydrogen-bond donors (Lipinski definition) is 1. The summed E-state index contributed by atoms with van der Waals surface area (Å²) in [6.07, 6.45) is 0.918. The molecule has 0 amide bonds. The van der Waals surface area contributed by atoms with Crippen LogP contribution >= 0.6 is 15.9 Å². The highest BCUT2D eigenvalue weighted by Crippen LogP contribution is 2.57. The first-order valence-electron chi connectivity index (χ1n) is 4.92. The van der Waals surface area contributed by atoms with Gasteiger partial charge in [0.05, 0.1) is 5.57 Å². The molecule has 76 valence electrons. The van der Waals surface area contributed by atoms with Gasteiger partial charge in [-0.1, -0.05) is 40.2 Å². The van der Waals surface area contributed by atoms with Crippen LogP contribution in [0, 0.1) is 0 Å². The van der Waals surface area contributed by atoms with Crippen molar-refractivity contribution in [2.75, 3.05) is 0 Å². The Hall–Kier alpha value is -1.09. The number of allylic oxidation sites excluding steroid dienone is 1. The molecular formula is C12H9BrO2. The summed E-state index contributed by atoms with van der Waals surface area (Å²) < 4.78 is 0.874. The SMILES string of the molecule is O=C(O)C1=C(Br)C2CC1c1ccccc12. The van der Waals surface area contributed by atoms with Crippen molar-refractivity contribution in [3.05, 3.63) is 45.4 Å². The summed E-state index contributed by atoms with van der Waals surface area (Å²) >= 11 is 3.43. The molecule has 0 heterocycles. The quantitative estimate of drug-likeness (QED) is 0.847.